The van der Waals surface area contributed by atoms with Gasteiger partial charge in [0.05, 0.1) is 17.6 Å². The number of aromatic nitrogens is 1. The molecular weight excluding hydrogens is 313 g/mol. The first kappa shape index (κ1) is 13.5. The summed E-state index contributed by atoms with van der Waals surface area (Å²) in [6, 6.07) is 5.65. The van der Waals surface area contributed by atoms with E-state index in [9.17, 15) is 9.18 Å². The number of amides is 1. The SMILES string of the molecule is CN(C(=O)c1cc(F)cc(Br)c1)c1ccncc1N. The number of benzene rings is 1. The zero-order valence-electron chi connectivity index (χ0n) is 10.1. The van der Waals surface area contributed by atoms with Gasteiger partial charge < -0.3 is 10.6 Å². The molecule has 1 aromatic carbocycles. The van der Waals surface area contributed by atoms with Crippen LogP contribution in [0.1, 0.15) is 10.4 Å². The monoisotopic (exact) mass is 323 g/mol. The first-order chi connectivity index (χ1) is 8.99. The predicted octanol–water partition coefficient (Wildman–Crippen LogP) is 2.84. The van der Waals surface area contributed by atoms with Crippen LogP contribution in [0.25, 0.3) is 0 Å². The molecule has 0 spiro atoms. The number of halogens is 2. The maximum absolute atomic E-state index is 13.3. The van der Waals surface area contributed by atoms with E-state index in [4.69, 9.17) is 5.73 Å². The topological polar surface area (TPSA) is 59.2 Å². The van der Waals surface area contributed by atoms with Crippen molar-refractivity contribution in [2.75, 3.05) is 17.7 Å². The number of pyridine rings is 1. The number of hydrogen-bond acceptors (Lipinski definition) is 3. The Morgan fingerprint density at radius 3 is 2.79 bits per heavy atom. The Kier molecular flexibility index (Phi) is 3.80. The summed E-state index contributed by atoms with van der Waals surface area (Å²) >= 11 is 3.16. The van der Waals surface area contributed by atoms with Gasteiger partial charge in [0.25, 0.3) is 5.91 Å². The van der Waals surface area contributed by atoms with Crippen molar-refractivity contribution < 1.29 is 9.18 Å². The summed E-state index contributed by atoms with van der Waals surface area (Å²) in [5, 5.41) is 0. The summed E-state index contributed by atoms with van der Waals surface area (Å²) in [7, 11) is 1.58. The van der Waals surface area contributed by atoms with Crippen LogP contribution in [0.15, 0.2) is 41.1 Å². The lowest BCUT2D eigenvalue weighted by molar-refractivity contribution is 0.0992. The van der Waals surface area contributed by atoms with Gasteiger partial charge in [-0.15, -0.1) is 0 Å². The molecule has 0 bridgehead atoms. The standard InChI is InChI=1S/C13H11BrFN3O/c1-18(12-2-3-17-7-11(12)16)13(19)8-4-9(14)6-10(15)5-8/h2-7H,16H2,1H3. The third kappa shape index (κ3) is 2.90. The van der Waals surface area contributed by atoms with Crippen LogP contribution in [0, 0.1) is 5.82 Å². The Balaban J connectivity index is 2.36. The molecule has 2 rings (SSSR count). The number of nitrogen functional groups attached to an aromatic ring is 1. The third-order valence-electron chi connectivity index (χ3n) is 2.60. The van der Waals surface area contributed by atoms with Crippen molar-refractivity contribution in [3.05, 3.63) is 52.5 Å². The van der Waals surface area contributed by atoms with Crippen molar-refractivity contribution in [2.45, 2.75) is 0 Å². The van der Waals surface area contributed by atoms with Gasteiger partial charge in [-0.3, -0.25) is 9.78 Å². The third-order valence-corrected chi connectivity index (χ3v) is 3.06. The van der Waals surface area contributed by atoms with Gasteiger partial charge in [-0.25, -0.2) is 4.39 Å². The minimum atomic E-state index is -0.478. The molecule has 1 amide bonds. The molecular formula is C13H11BrFN3O. The molecule has 4 nitrogen and oxygen atoms in total. The molecule has 1 aromatic heterocycles. The maximum atomic E-state index is 13.3. The van der Waals surface area contributed by atoms with Gasteiger partial charge in [-0.2, -0.15) is 0 Å². The molecule has 0 fully saturated rings. The average Bonchev–Trinajstić information content (AvgIpc) is 2.36. The van der Waals surface area contributed by atoms with E-state index in [2.05, 4.69) is 20.9 Å². The molecule has 0 aliphatic carbocycles. The van der Waals surface area contributed by atoms with Gasteiger partial charge in [0.1, 0.15) is 5.82 Å². The van der Waals surface area contributed by atoms with Crippen molar-refractivity contribution in [1.82, 2.24) is 4.98 Å². The number of anilines is 2. The van der Waals surface area contributed by atoms with Crippen LogP contribution in [0.5, 0.6) is 0 Å². The van der Waals surface area contributed by atoms with E-state index in [1.165, 1.54) is 29.4 Å². The highest BCUT2D eigenvalue weighted by Gasteiger charge is 2.16. The quantitative estimate of drug-likeness (QED) is 0.924. The molecule has 0 unspecified atom stereocenters. The number of carbonyl (C=O) groups excluding carboxylic acids is 1. The Morgan fingerprint density at radius 2 is 2.16 bits per heavy atom. The first-order valence-electron chi connectivity index (χ1n) is 5.42. The van der Waals surface area contributed by atoms with Crippen molar-refractivity contribution in [2.24, 2.45) is 0 Å². The fraction of sp³-hybridized carbons (Fsp3) is 0.0769. The molecule has 0 aliphatic rings. The summed E-state index contributed by atoms with van der Waals surface area (Å²) in [5.74, 6) is -0.827. The molecule has 0 radical (unpaired) electrons. The molecule has 2 N–H and O–H groups in total. The summed E-state index contributed by atoms with van der Waals surface area (Å²) in [5.41, 5.74) is 6.91. The second-order valence-corrected chi connectivity index (χ2v) is 4.87. The van der Waals surface area contributed by atoms with E-state index >= 15 is 0 Å². The van der Waals surface area contributed by atoms with E-state index in [-0.39, 0.29) is 11.5 Å². The van der Waals surface area contributed by atoms with Crippen LogP contribution in [-0.4, -0.2) is 17.9 Å². The molecule has 0 saturated carbocycles. The molecule has 2 aromatic rings. The number of nitrogens with two attached hydrogens (primary N) is 1. The van der Waals surface area contributed by atoms with Crippen molar-refractivity contribution in [1.29, 1.82) is 0 Å². The van der Waals surface area contributed by atoms with Crippen LogP contribution in [-0.2, 0) is 0 Å². The lowest BCUT2D eigenvalue weighted by Gasteiger charge is -2.19. The normalized spacial score (nSPS) is 10.3. The van der Waals surface area contributed by atoms with E-state index in [1.54, 1.807) is 19.2 Å². The molecule has 1 heterocycles. The highest BCUT2D eigenvalue weighted by molar-refractivity contribution is 9.10. The molecule has 0 saturated heterocycles. The fourth-order valence-corrected chi connectivity index (χ4v) is 2.15. The van der Waals surface area contributed by atoms with Gasteiger partial charge in [0, 0.05) is 23.3 Å². The molecule has 0 atom stereocenters. The maximum Gasteiger partial charge on any atom is 0.258 e. The lowest BCUT2D eigenvalue weighted by atomic mass is 10.2. The lowest BCUT2D eigenvalue weighted by Crippen LogP contribution is -2.27. The zero-order chi connectivity index (χ0) is 14.0. The zero-order valence-corrected chi connectivity index (χ0v) is 11.7. The summed E-state index contributed by atoms with van der Waals surface area (Å²) < 4.78 is 13.8. The van der Waals surface area contributed by atoms with Crippen LogP contribution in [0.3, 0.4) is 0 Å². The van der Waals surface area contributed by atoms with E-state index in [0.717, 1.165) is 0 Å². The minimum absolute atomic E-state index is 0.241. The number of carbonyl (C=O) groups is 1. The van der Waals surface area contributed by atoms with Crippen molar-refractivity contribution >= 4 is 33.2 Å². The predicted molar refractivity (Wildman–Crippen MR) is 75.5 cm³/mol. The van der Waals surface area contributed by atoms with Gasteiger partial charge >= 0.3 is 0 Å². The number of rotatable bonds is 2. The van der Waals surface area contributed by atoms with Crippen LogP contribution in [0.4, 0.5) is 15.8 Å². The Hall–Kier alpha value is -1.95. The first-order valence-corrected chi connectivity index (χ1v) is 6.22. The molecule has 98 valence electrons. The van der Waals surface area contributed by atoms with E-state index in [1.807, 2.05) is 0 Å². The number of nitrogens with zero attached hydrogens (tertiary/aromatic N) is 2. The average molecular weight is 324 g/mol. The van der Waals surface area contributed by atoms with Crippen LogP contribution in [0.2, 0.25) is 0 Å². The molecule has 6 heteroatoms. The second kappa shape index (κ2) is 5.36. The van der Waals surface area contributed by atoms with E-state index in [0.29, 0.717) is 15.8 Å². The smallest absolute Gasteiger partial charge is 0.258 e. The van der Waals surface area contributed by atoms with Gasteiger partial charge in [-0.05, 0) is 24.3 Å². The van der Waals surface area contributed by atoms with Gasteiger partial charge in [0.2, 0.25) is 0 Å². The summed E-state index contributed by atoms with van der Waals surface area (Å²) in [6.45, 7) is 0. The van der Waals surface area contributed by atoms with E-state index < -0.39 is 5.82 Å². The van der Waals surface area contributed by atoms with Crippen LogP contribution >= 0.6 is 15.9 Å². The Morgan fingerprint density at radius 1 is 1.42 bits per heavy atom. The minimum Gasteiger partial charge on any atom is -0.396 e. The Labute approximate surface area is 118 Å². The molecule has 0 aliphatic heterocycles. The van der Waals surface area contributed by atoms with Crippen molar-refractivity contribution in [3.63, 3.8) is 0 Å². The second-order valence-electron chi connectivity index (χ2n) is 3.96. The van der Waals surface area contributed by atoms with Crippen LogP contribution < -0.4 is 10.6 Å². The summed E-state index contributed by atoms with van der Waals surface area (Å²) in [6.07, 6.45) is 3.00. The van der Waals surface area contributed by atoms with Gasteiger partial charge in [-0.1, -0.05) is 15.9 Å². The molecule has 19 heavy (non-hydrogen) atoms. The fourth-order valence-electron chi connectivity index (χ4n) is 1.69. The largest absolute Gasteiger partial charge is 0.396 e. The summed E-state index contributed by atoms with van der Waals surface area (Å²) in [4.78, 5) is 17.5. The highest BCUT2D eigenvalue weighted by Crippen LogP contribution is 2.23. The van der Waals surface area contributed by atoms with Gasteiger partial charge in [0.15, 0.2) is 0 Å². The highest BCUT2D eigenvalue weighted by atomic mass is 79.9. The Bertz CT molecular complexity index is 613. The number of hydrogen-bond donors (Lipinski definition) is 1. The van der Waals surface area contributed by atoms with Crippen molar-refractivity contribution in [3.8, 4) is 0 Å².